The average Bonchev–Trinajstić information content (AvgIpc) is 2.29. The lowest BCUT2D eigenvalue weighted by Gasteiger charge is -2.11. The fourth-order valence-corrected chi connectivity index (χ4v) is 1.56. The molecule has 0 heterocycles. The van der Waals surface area contributed by atoms with Gasteiger partial charge in [-0.05, 0) is 12.3 Å². The van der Waals surface area contributed by atoms with Crippen LogP contribution in [0.25, 0.3) is 0 Å². The molecule has 3 heteroatoms. The van der Waals surface area contributed by atoms with Gasteiger partial charge in [-0.15, -0.1) is 0 Å². The maximum atomic E-state index is 11.1. The molecule has 0 aromatic heterocycles. The third-order valence-corrected chi connectivity index (χ3v) is 2.37. The van der Waals surface area contributed by atoms with E-state index in [0.717, 1.165) is 6.42 Å². The molecule has 1 N–H and O–H groups in total. The molecule has 1 aliphatic carbocycles. The molecule has 2 unspecified atom stereocenters. The van der Waals surface area contributed by atoms with Crippen molar-refractivity contribution in [3.8, 4) is 0 Å². The molecule has 0 radical (unpaired) electrons. The Morgan fingerprint density at radius 2 is 2.45 bits per heavy atom. The number of hydrogen-bond donors (Lipinski definition) is 1. The van der Waals surface area contributed by atoms with E-state index < -0.39 is 0 Å². The highest BCUT2D eigenvalue weighted by molar-refractivity contribution is 5.83. The molecule has 3 nitrogen and oxygen atoms in total. The molecule has 1 aliphatic rings. The monoisotopic (exact) mass is 155 g/mol. The molecule has 0 bridgehead atoms. The summed E-state index contributed by atoms with van der Waals surface area (Å²) in [6.07, 6.45) is 2.31. The van der Waals surface area contributed by atoms with Crippen molar-refractivity contribution in [3.05, 3.63) is 0 Å². The first-order valence-electron chi connectivity index (χ1n) is 3.95. The summed E-state index contributed by atoms with van der Waals surface area (Å²) in [5.41, 5.74) is 0. The van der Waals surface area contributed by atoms with Gasteiger partial charge >= 0.3 is 0 Å². The summed E-state index contributed by atoms with van der Waals surface area (Å²) in [5, 5.41) is 2.55. The molecule has 1 fully saturated rings. The first-order valence-corrected chi connectivity index (χ1v) is 3.95. The smallest absolute Gasteiger partial charge is 0.207 e. The van der Waals surface area contributed by atoms with Crippen LogP contribution in [0.3, 0.4) is 0 Å². The van der Waals surface area contributed by atoms with Crippen LogP contribution in [0.4, 0.5) is 0 Å². The van der Waals surface area contributed by atoms with Gasteiger partial charge in [0.15, 0.2) is 0 Å². The van der Waals surface area contributed by atoms with E-state index in [1.807, 2.05) is 0 Å². The summed E-state index contributed by atoms with van der Waals surface area (Å²) in [4.78, 5) is 21.1. The Bertz CT molecular complexity index is 167. The minimum Gasteiger partial charge on any atom is -0.358 e. The molecule has 0 spiro atoms. The van der Waals surface area contributed by atoms with Gasteiger partial charge in [0.1, 0.15) is 5.78 Å². The highest BCUT2D eigenvalue weighted by atomic mass is 16.1. The standard InChI is InChI=1S/C8H13NO2/c1-6-2-3-8(11)7(6)4-9-5-10/h5-7H,2-4H2,1H3,(H,9,10). The second-order valence-corrected chi connectivity index (χ2v) is 3.11. The fourth-order valence-electron chi connectivity index (χ4n) is 1.56. The molecule has 62 valence electrons. The Morgan fingerprint density at radius 3 is 2.91 bits per heavy atom. The minimum absolute atomic E-state index is 0.0696. The summed E-state index contributed by atoms with van der Waals surface area (Å²) < 4.78 is 0. The molecule has 0 saturated heterocycles. The van der Waals surface area contributed by atoms with E-state index in [1.54, 1.807) is 0 Å². The van der Waals surface area contributed by atoms with Gasteiger partial charge < -0.3 is 5.32 Å². The maximum Gasteiger partial charge on any atom is 0.207 e. The van der Waals surface area contributed by atoms with Crippen LogP contribution < -0.4 is 5.32 Å². The molecule has 11 heavy (non-hydrogen) atoms. The van der Waals surface area contributed by atoms with E-state index in [1.165, 1.54) is 0 Å². The summed E-state index contributed by atoms with van der Waals surface area (Å²) in [6, 6.07) is 0. The van der Waals surface area contributed by atoms with Crippen molar-refractivity contribution < 1.29 is 9.59 Å². The van der Waals surface area contributed by atoms with Crippen molar-refractivity contribution in [2.24, 2.45) is 11.8 Å². The van der Waals surface area contributed by atoms with Gasteiger partial charge in [-0.1, -0.05) is 6.92 Å². The summed E-state index contributed by atoms with van der Waals surface area (Å²) >= 11 is 0. The second-order valence-electron chi connectivity index (χ2n) is 3.11. The molecule has 2 atom stereocenters. The van der Waals surface area contributed by atoms with E-state index in [-0.39, 0.29) is 5.92 Å². The van der Waals surface area contributed by atoms with Crippen molar-refractivity contribution >= 4 is 12.2 Å². The Hall–Kier alpha value is -0.860. The molecule has 1 saturated carbocycles. The Kier molecular flexibility index (Phi) is 2.63. The van der Waals surface area contributed by atoms with Gasteiger partial charge in [0, 0.05) is 18.9 Å². The number of carbonyl (C=O) groups is 2. The van der Waals surface area contributed by atoms with Gasteiger partial charge in [-0.25, -0.2) is 0 Å². The van der Waals surface area contributed by atoms with Crippen molar-refractivity contribution in [2.75, 3.05) is 6.54 Å². The highest BCUT2D eigenvalue weighted by Crippen LogP contribution is 2.27. The van der Waals surface area contributed by atoms with Gasteiger partial charge in [-0.2, -0.15) is 0 Å². The average molecular weight is 155 g/mol. The quantitative estimate of drug-likeness (QED) is 0.598. The number of rotatable bonds is 3. The normalized spacial score (nSPS) is 30.5. The number of carbonyl (C=O) groups excluding carboxylic acids is 2. The zero-order valence-electron chi connectivity index (χ0n) is 6.67. The third kappa shape index (κ3) is 1.79. The lowest BCUT2D eigenvalue weighted by molar-refractivity contribution is -0.121. The first kappa shape index (κ1) is 8.24. The zero-order valence-corrected chi connectivity index (χ0v) is 6.67. The summed E-state index contributed by atoms with van der Waals surface area (Å²) in [5.74, 6) is 0.807. The van der Waals surface area contributed by atoms with E-state index in [0.29, 0.717) is 31.1 Å². The van der Waals surface area contributed by atoms with Gasteiger partial charge in [0.2, 0.25) is 6.41 Å². The summed E-state index contributed by atoms with van der Waals surface area (Å²) in [6.45, 7) is 2.57. The molecule has 0 aliphatic heterocycles. The number of amides is 1. The lowest BCUT2D eigenvalue weighted by Crippen LogP contribution is -2.27. The largest absolute Gasteiger partial charge is 0.358 e. The molecule has 1 rings (SSSR count). The first-order chi connectivity index (χ1) is 5.25. The number of nitrogens with one attached hydrogen (secondary N) is 1. The van der Waals surface area contributed by atoms with Crippen LogP contribution >= 0.6 is 0 Å². The van der Waals surface area contributed by atoms with Crippen molar-refractivity contribution in [1.29, 1.82) is 0 Å². The Morgan fingerprint density at radius 1 is 1.73 bits per heavy atom. The summed E-state index contributed by atoms with van der Waals surface area (Å²) in [7, 11) is 0. The zero-order chi connectivity index (χ0) is 8.27. The van der Waals surface area contributed by atoms with Crippen LogP contribution in [-0.2, 0) is 9.59 Å². The highest BCUT2D eigenvalue weighted by Gasteiger charge is 2.30. The van der Waals surface area contributed by atoms with Crippen LogP contribution in [0.1, 0.15) is 19.8 Å². The van der Waals surface area contributed by atoms with Crippen LogP contribution in [0.2, 0.25) is 0 Å². The van der Waals surface area contributed by atoms with Crippen LogP contribution in [0.15, 0.2) is 0 Å². The van der Waals surface area contributed by atoms with Crippen LogP contribution in [0, 0.1) is 11.8 Å². The molecule has 0 aromatic rings. The SMILES string of the molecule is CC1CCC(=O)C1CNC=O. The van der Waals surface area contributed by atoms with Crippen molar-refractivity contribution in [3.63, 3.8) is 0 Å². The third-order valence-electron chi connectivity index (χ3n) is 2.37. The van der Waals surface area contributed by atoms with E-state index in [9.17, 15) is 9.59 Å². The Balaban J connectivity index is 2.41. The van der Waals surface area contributed by atoms with E-state index in [2.05, 4.69) is 12.2 Å². The molecule has 0 aromatic carbocycles. The molecular formula is C8H13NO2. The van der Waals surface area contributed by atoms with Crippen LogP contribution in [-0.4, -0.2) is 18.7 Å². The number of Topliss-reactive ketones (excluding diaryl/α,β-unsaturated/α-hetero) is 1. The second kappa shape index (κ2) is 3.51. The Labute approximate surface area is 66.2 Å². The van der Waals surface area contributed by atoms with Crippen molar-refractivity contribution in [2.45, 2.75) is 19.8 Å². The van der Waals surface area contributed by atoms with Gasteiger partial charge in [0.05, 0.1) is 0 Å². The van der Waals surface area contributed by atoms with Gasteiger partial charge in [-0.3, -0.25) is 9.59 Å². The number of ketones is 1. The minimum atomic E-state index is 0.0696. The molecular weight excluding hydrogens is 142 g/mol. The van der Waals surface area contributed by atoms with E-state index >= 15 is 0 Å². The lowest BCUT2D eigenvalue weighted by atomic mass is 9.98. The number of hydrogen-bond acceptors (Lipinski definition) is 2. The molecule has 1 amide bonds. The van der Waals surface area contributed by atoms with Crippen LogP contribution in [0.5, 0.6) is 0 Å². The van der Waals surface area contributed by atoms with Gasteiger partial charge in [0.25, 0.3) is 0 Å². The maximum absolute atomic E-state index is 11.1. The predicted molar refractivity (Wildman–Crippen MR) is 41.0 cm³/mol. The predicted octanol–water partition coefficient (Wildman–Crippen LogP) is 0.348. The topological polar surface area (TPSA) is 46.2 Å². The van der Waals surface area contributed by atoms with Crippen molar-refractivity contribution in [1.82, 2.24) is 5.32 Å². The fraction of sp³-hybridized carbons (Fsp3) is 0.750. The van der Waals surface area contributed by atoms with E-state index in [4.69, 9.17) is 0 Å².